The molecule has 1 rings (SSSR count). The van der Waals surface area contributed by atoms with Crippen LogP contribution >= 0.6 is 19.2 Å². The summed E-state index contributed by atoms with van der Waals surface area (Å²) in [7, 11) is -1.31. The summed E-state index contributed by atoms with van der Waals surface area (Å²) in [6.45, 7) is 5.08. The van der Waals surface area contributed by atoms with Crippen LogP contribution in [0.5, 0.6) is 11.5 Å². The van der Waals surface area contributed by atoms with E-state index < -0.39 is 7.60 Å². The van der Waals surface area contributed by atoms with Gasteiger partial charge in [0.25, 0.3) is 0 Å². The summed E-state index contributed by atoms with van der Waals surface area (Å²) in [5, 5.41) is 0.618. The van der Waals surface area contributed by atoms with Crippen molar-refractivity contribution in [1.29, 1.82) is 0 Å². The number of ether oxygens (including phenoxy) is 2. The normalized spacial score (nSPS) is 11.5. The van der Waals surface area contributed by atoms with Crippen LogP contribution in [0.1, 0.15) is 39.5 Å². The van der Waals surface area contributed by atoms with Crippen LogP contribution in [0.25, 0.3) is 0 Å². The molecule has 0 aliphatic heterocycles. The molecule has 1 aromatic rings. The molecule has 0 bridgehead atoms. The third kappa shape index (κ3) is 7.89. The third-order valence-corrected chi connectivity index (χ3v) is 5.76. The Bertz CT molecular complexity index is 514. The minimum Gasteiger partial charge on any atom is -0.493 e. The van der Waals surface area contributed by atoms with Crippen molar-refractivity contribution >= 4 is 19.2 Å². The van der Waals surface area contributed by atoms with Crippen LogP contribution in [-0.2, 0) is 13.6 Å². The fourth-order valence-electron chi connectivity index (χ4n) is 2.26. The molecule has 0 atom stereocenters. The maximum absolute atomic E-state index is 12.3. The second-order valence-corrected chi connectivity index (χ2v) is 7.85. The van der Waals surface area contributed by atoms with Crippen molar-refractivity contribution < 1.29 is 23.1 Å². The van der Waals surface area contributed by atoms with Gasteiger partial charge in [-0.15, -0.1) is 0 Å². The highest BCUT2D eigenvalue weighted by molar-refractivity contribution is 7.53. The van der Waals surface area contributed by atoms with Gasteiger partial charge in [-0.2, -0.15) is 0 Å². The molecule has 0 aliphatic rings. The second-order valence-electron chi connectivity index (χ2n) is 5.23. The predicted molar refractivity (Wildman–Crippen MR) is 97.7 cm³/mol. The molecule has 0 spiro atoms. The van der Waals surface area contributed by atoms with Crippen LogP contribution in [0.3, 0.4) is 0 Å². The minimum atomic E-state index is -2.90. The van der Waals surface area contributed by atoms with Crippen LogP contribution in [0, 0.1) is 0 Å². The Labute approximate surface area is 150 Å². The summed E-state index contributed by atoms with van der Waals surface area (Å²) in [5.41, 5.74) is 0. The lowest BCUT2D eigenvalue weighted by Gasteiger charge is -2.16. The smallest absolute Gasteiger partial charge is 0.330 e. The fraction of sp³-hybridized carbons (Fsp3) is 0.647. The lowest BCUT2D eigenvalue weighted by atomic mass is 10.2. The van der Waals surface area contributed by atoms with Crippen molar-refractivity contribution in [1.82, 2.24) is 0 Å². The molecule has 0 amide bonds. The predicted octanol–water partition coefficient (Wildman–Crippen LogP) is 5.55. The molecular formula is C17H28ClO5P. The molecule has 0 saturated heterocycles. The zero-order chi connectivity index (χ0) is 17.8. The van der Waals surface area contributed by atoms with E-state index in [2.05, 4.69) is 0 Å². The summed E-state index contributed by atoms with van der Waals surface area (Å²) in [6, 6.07) is 5.32. The van der Waals surface area contributed by atoms with Crippen LogP contribution < -0.4 is 9.47 Å². The quantitative estimate of drug-likeness (QED) is 0.332. The highest BCUT2D eigenvalue weighted by Crippen LogP contribution is 2.48. The second kappa shape index (κ2) is 11.8. The molecule has 0 radical (unpaired) electrons. The Morgan fingerprint density at radius 3 is 2.29 bits per heavy atom. The highest BCUT2D eigenvalue weighted by Gasteiger charge is 2.22. The van der Waals surface area contributed by atoms with Gasteiger partial charge in [0.2, 0.25) is 0 Å². The van der Waals surface area contributed by atoms with Crippen LogP contribution in [-0.4, -0.2) is 33.1 Å². The molecule has 0 aromatic heterocycles. The highest BCUT2D eigenvalue weighted by atomic mass is 35.5. The Morgan fingerprint density at radius 1 is 1.00 bits per heavy atom. The van der Waals surface area contributed by atoms with Gasteiger partial charge in [0.15, 0.2) is 11.5 Å². The van der Waals surface area contributed by atoms with E-state index in [9.17, 15) is 4.57 Å². The Balaban J connectivity index is 2.22. The minimum absolute atomic E-state index is 0.411. The van der Waals surface area contributed by atoms with E-state index in [0.717, 1.165) is 25.7 Å². The standard InChI is InChI=1S/C17H28ClO5P/c1-4-22-24(19,23-5-2)13-9-7-6-8-12-21-16-11-10-15(18)14-17(16)20-3/h10-11,14H,4-9,12-13H2,1-3H3. The van der Waals surface area contributed by atoms with E-state index in [1.54, 1.807) is 19.2 Å². The van der Waals surface area contributed by atoms with Gasteiger partial charge in [0.1, 0.15) is 0 Å². The fourth-order valence-corrected chi connectivity index (χ4v) is 4.16. The number of benzene rings is 1. The first-order chi connectivity index (χ1) is 11.5. The molecule has 1 aromatic carbocycles. The van der Waals surface area contributed by atoms with Crippen molar-refractivity contribution in [2.24, 2.45) is 0 Å². The lowest BCUT2D eigenvalue weighted by Crippen LogP contribution is -2.01. The number of hydrogen-bond acceptors (Lipinski definition) is 5. The van der Waals surface area contributed by atoms with E-state index in [-0.39, 0.29) is 0 Å². The molecule has 0 aliphatic carbocycles. The summed E-state index contributed by atoms with van der Waals surface area (Å²) < 4.78 is 33.8. The van der Waals surface area contributed by atoms with Gasteiger partial charge in [-0.1, -0.05) is 24.4 Å². The number of halogens is 1. The van der Waals surface area contributed by atoms with Gasteiger partial charge < -0.3 is 18.5 Å². The number of unbranched alkanes of at least 4 members (excludes halogenated alkanes) is 3. The first-order valence-electron chi connectivity index (χ1n) is 8.39. The SMILES string of the molecule is CCOP(=O)(CCCCCCOc1ccc(Cl)cc1OC)OCC. The van der Waals surface area contributed by atoms with Crippen molar-refractivity contribution in [3.8, 4) is 11.5 Å². The average Bonchev–Trinajstić information content (AvgIpc) is 2.55. The van der Waals surface area contributed by atoms with Crippen LogP contribution in [0.4, 0.5) is 0 Å². The molecule has 138 valence electrons. The molecule has 5 nitrogen and oxygen atoms in total. The van der Waals surface area contributed by atoms with E-state index in [1.807, 2.05) is 19.9 Å². The number of hydrogen-bond donors (Lipinski definition) is 0. The Hall–Kier alpha value is -0.740. The average molecular weight is 379 g/mol. The van der Waals surface area contributed by atoms with E-state index in [0.29, 0.717) is 42.5 Å². The van der Waals surface area contributed by atoms with Gasteiger partial charge >= 0.3 is 7.60 Å². The Kier molecular flexibility index (Phi) is 10.4. The zero-order valence-electron chi connectivity index (χ0n) is 14.8. The summed E-state index contributed by atoms with van der Waals surface area (Å²) >= 11 is 5.92. The van der Waals surface area contributed by atoms with Gasteiger partial charge in [0, 0.05) is 11.1 Å². The van der Waals surface area contributed by atoms with Gasteiger partial charge in [-0.3, -0.25) is 4.57 Å². The van der Waals surface area contributed by atoms with Crippen molar-refractivity contribution in [3.05, 3.63) is 23.2 Å². The van der Waals surface area contributed by atoms with Gasteiger partial charge in [0.05, 0.1) is 33.1 Å². The molecule has 0 heterocycles. The third-order valence-electron chi connectivity index (χ3n) is 3.36. The first kappa shape index (κ1) is 21.3. The zero-order valence-corrected chi connectivity index (χ0v) is 16.4. The molecule has 0 unspecified atom stereocenters. The number of rotatable bonds is 13. The molecular weight excluding hydrogens is 351 g/mol. The molecule has 7 heteroatoms. The van der Waals surface area contributed by atoms with Crippen LogP contribution in [0.15, 0.2) is 18.2 Å². The van der Waals surface area contributed by atoms with Crippen molar-refractivity contribution in [3.63, 3.8) is 0 Å². The van der Waals surface area contributed by atoms with E-state index >= 15 is 0 Å². The summed E-state index contributed by atoms with van der Waals surface area (Å²) in [5.74, 6) is 1.33. The maximum atomic E-state index is 12.3. The van der Waals surface area contributed by atoms with Crippen molar-refractivity contribution in [2.75, 3.05) is 33.1 Å². The van der Waals surface area contributed by atoms with E-state index in [1.165, 1.54) is 0 Å². The van der Waals surface area contributed by atoms with E-state index in [4.69, 9.17) is 30.1 Å². The number of methoxy groups -OCH3 is 1. The van der Waals surface area contributed by atoms with Gasteiger partial charge in [-0.05, 0) is 38.8 Å². The monoisotopic (exact) mass is 378 g/mol. The topological polar surface area (TPSA) is 54.0 Å². The van der Waals surface area contributed by atoms with Crippen LogP contribution in [0.2, 0.25) is 5.02 Å². The molecule has 0 fully saturated rings. The van der Waals surface area contributed by atoms with Crippen molar-refractivity contribution in [2.45, 2.75) is 39.5 Å². The van der Waals surface area contributed by atoms with Gasteiger partial charge in [-0.25, -0.2) is 0 Å². The summed E-state index contributed by atoms with van der Waals surface area (Å²) in [4.78, 5) is 0. The first-order valence-corrected chi connectivity index (χ1v) is 10.5. The molecule has 0 saturated carbocycles. The molecule has 24 heavy (non-hydrogen) atoms. The Morgan fingerprint density at radius 2 is 1.67 bits per heavy atom. The maximum Gasteiger partial charge on any atom is 0.330 e. The lowest BCUT2D eigenvalue weighted by molar-refractivity contribution is 0.219. The largest absolute Gasteiger partial charge is 0.493 e. The molecule has 0 N–H and O–H groups in total. The summed E-state index contributed by atoms with van der Waals surface area (Å²) in [6.07, 6.45) is 4.17.